The molecule has 0 amide bonds. The second kappa shape index (κ2) is 6.03. The number of rotatable bonds is 5. The van der Waals surface area contributed by atoms with Crippen LogP contribution in [0.1, 0.15) is 11.3 Å². The van der Waals surface area contributed by atoms with E-state index in [-0.39, 0.29) is 0 Å². The molecule has 17 heavy (non-hydrogen) atoms. The molecular formula is C14H16BrNO. The van der Waals surface area contributed by atoms with Crippen molar-refractivity contribution >= 4 is 15.9 Å². The Labute approximate surface area is 110 Å². The molecule has 0 aliphatic heterocycles. The summed E-state index contributed by atoms with van der Waals surface area (Å²) in [4.78, 5) is 2.26. The Morgan fingerprint density at radius 2 is 1.88 bits per heavy atom. The van der Waals surface area contributed by atoms with Gasteiger partial charge >= 0.3 is 0 Å². The normalized spacial score (nSPS) is 11.0. The lowest BCUT2D eigenvalue weighted by atomic mass is 10.1. The summed E-state index contributed by atoms with van der Waals surface area (Å²) in [7, 11) is 2.11. The molecule has 2 rings (SSSR count). The molecule has 3 heteroatoms. The third kappa shape index (κ3) is 4.02. The Hall–Kier alpha value is -1.06. The van der Waals surface area contributed by atoms with Crippen LogP contribution in [0.3, 0.4) is 0 Å². The average molecular weight is 294 g/mol. The summed E-state index contributed by atoms with van der Waals surface area (Å²) in [5.41, 5.74) is 1.37. The topological polar surface area (TPSA) is 16.4 Å². The molecule has 0 spiro atoms. The zero-order valence-corrected chi connectivity index (χ0v) is 11.5. The van der Waals surface area contributed by atoms with E-state index in [9.17, 15) is 0 Å². The Balaban J connectivity index is 1.80. The Bertz CT molecular complexity index is 452. The van der Waals surface area contributed by atoms with Crippen molar-refractivity contribution in [3.63, 3.8) is 0 Å². The molecule has 0 N–H and O–H groups in total. The van der Waals surface area contributed by atoms with Crippen molar-refractivity contribution in [3.05, 3.63) is 58.5 Å². The van der Waals surface area contributed by atoms with Crippen molar-refractivity contribution in [1.82, 2.24) is 4.90 Å². The van der Waals surface area contributed by atoms with E-state index < -0.39 is 0 Å². The van der Waals surface area contributed by atoms with Crippen LogP contribution >= 0.6 is 15.9 Å². The van der Waals surface area contributed by atoms with Gasteiger partial charge in [0, 0.05) is 6.54 Å². The van der Waals surface area contributed by atoms with Crippen molar-refractivity contribution in [2.45, 2.75) is 13.0 Å². The van der Waals surface area contributed by atoms with Crippen molar-refractivity contribution < 1.29 is 4.42 Å². The predicted octanol–water partition coefficient (Wildman–Crippen LogP) is 3.72. The van der Waals surface area contributed by atoms with E-state index in [4.69, 9.17) is 4.42 Å². The highest BCUT2D eigenvalue weighted by atomic mass is 79.9. The van der Waals surface area contributed by atoms with E-state index in [1.165, 1.54) is 5.56 Å². The SMILES string of the molecule is CN(CCc1ccccc1)Cc1ccc(Br)o1. The van der Waals surface area contributed by atoms with Gasteiger partial charge in [0.05, 0.1) is 6.54 Å². The van der Waals surface area contributed by atoms with Crippen molar-refractivity contribution in [2.75, 3.05) is 13.6 Å². The molecular weight excluding hydrogens is 278 g/mol. The molecule has 0 radical (unpaired) electrons. The lowest BCUT2D eigenvalue weighted by Gasteiger charge is -2.14. The molecule has 1 aromatic heterocycles. The van der Waals surface area contributed by atoms with Gasteiger partial charge in [-0.2, -0.15) is 0 Å². The van der Waals surface area contributed by atoms with Crippen LogP contribution in [0.2, 0.25) is 0 Å². The van der Waals surface area contributed by atoms with E-state index in [0.29, 0.717) is 0 Å². The van der Waals surface area contributed by atoms with Gasteiger partial charge in [-0.3, -0.25) is 4.90 Å². The van der Waals surface area contributed by atoms with E-state index >= 15 is 0 Å². The van der Waals surface area contributed by atoms with Crippen LogP contribution in [-0.4, -0.2) is 18.5 Å². The molecule has 1 aromatic carbocycles. The Morgan fingerprint density at radius 1 is 1.12 bits per heavy atom. The van der Waals surface area contributed by atoms with Gasteiger partial charge in [0.1, 0.15) is 5.76 Å². The summed E-state index contributed by atoms with van der Waals surface area (Å²) in [6.45, 7) is 1.88. The first-order valence-electron chi connectivity index (χ1n) is 5.71. The molecule has 1 heterocycles. The quantitative estimate of drug-likeness (QED) is 0.835. The number of hydrogen-bond donors (Lipinski definition) is 0. The maximum atomic E-state index is 5.48. The first-order chi connectivity index (χ1) is 8.24. The number of halogens is 1. The van der Waals surface area contributed by atoms with Gasteiger partial charge in [-0.15, -0.1) is 0 Å². The van der Waals surface area contributed by atoms with Gasteiger partial charge in [0.2, 0.25) is 0 Å². The number of hydrogen-bond acceptors (Lipinski definition) is 2. The molecule has 0 aliphatic rings. The fourth-order valence-corrected chi connectivity index (χ4v) is 2.09. The predicted molar refractivity (Wildman–Crippen MR) is 72.9 cm³/mol. The second-order valence-electron chi connectivity index (χ2n) is 4.18. The molecule has 0 bridgehead atoms. The minimum absolute atomic E-state index is 0.795. The molecule has 0 unspecified atom stereocenters. The number of benzene rings is 1. The third-order valence-electron chi connectivity index (χ3n) is 2.68. The number of likely N-dealkylation sites (N-methyl/N-ethyl adjacent to an activating group) is 1. The fraction of sp³-hybridized carbons (Fsp3) is 0.286. The van der Waals surface area contributed by atoms with Crippen LogP contribution in [0.25, 0.3) is 0 Å². The zero-order chi connectivity index (χ0) is 12.1. The summed E-state index contributed by atoms with van der Waals surface area (Å²) in [5, 5.41) is 0. The summed E-state index contributed by atoms with van der Waals surface area (Å²) < 4.78 is 6.28. The smallest absolute Gasteiger partial charge is 0.169 e. The molecule has 2 nitrogen and oxygen atoms in total. The lowest BCUT2D eigenvalue weighted by molar-refractivity contribution is 0.295. The maximum Gasteiger partial charge on any atom is 0.169 e. The van der Waals surface area contributed by atoms with Crippen LogP contribution in [0.5, 0.6) is 0 Å². The summed E-state index contributed by atoms with van der Waals surface area (Å²) in [6.07, 6.45) is 1.07. The molecule has 2 aromatic rings. The molecule has 0 fully saturated rings. The van der Waals surface area contributed by atoms with Gasteiger partial charge in [-0.1, -0.05) is 30.3 Å². The van der Waals surface area contributed by atoms with Gasteiger partial charge < -0.3 is 4.42 Å². The lowest BCUT2D eigenvalue weighted by Crippen LogP contribution is -2.20. The highest BCUT2D eigenvalue weighted by Gasteiger charge is 2.04. The highest BCUT2D eigenvalue weighted by molar-refractivity contribution is 9.10. The summed E-state index contributed by atoms with van der Waals surface area (Å²) in [6, 6.07) is 14.5. The molecule has 0 atom stereocenters. The summed E-state index contributed by atoms with van der Waals surface area (Å²) >= 11 is 3.31. The standard InChI is InChI=1S/C14H16BrNO/c1-16(11-13-7-8-14(15)17-13)10-9-12-5-3-2-4-6-12/h2-8H,9-11H2,1H3. The minimum atomic E-state index is 0.795. The molecule has 0 saturated heterocycles. The van der Waals surface area contributed by atoms with E-state index in [0.717, 1.165) is 29.9 Å². The van der Waals surface area contributed by atoms with Crippen LogP contribution in [0.4, 0.5) is 0 Å². The van der Waals surface area contributed by atoms with E-state index in [2.05, 4.69) is 52.1 Å². The average Bonchev–Trinajstić information content (AvgIpc) is 2.73. The molecule has 90 valence electrons. The van der Waals surface area contributed by atoms with Gasteiger partial charge in [-0.05, 0) is 47.1 Å². The Kier molecular flexibility index (Phi) is 4.40. The zero-order valence-electron chi connectivity index (χ0n) is 9.90. The highest BCUT2D eigenvalue weighted by Crippen LogP contribution is 2.15. The van der Waals surface area contributed by atoms with Crippen molar-refractivity contribution in [2.24, 2.45) is 0 Å². The maximum absolute atomic E-state index is 5.48. The Morgan fingerprint density at radius 3 is 2.53 bits per heavy atom. The van der Waals surface area contributed by atoms with Gasteiger partial charge in [0.15, 0.2) is 4.67 Å². The van der Waals surface area contributed by atoms with Gasteiger partial charge in [0.25, 0.3) is 0 Å². The fourth-order valence-electron chi connectivity index (χ4n) is 1.75. The molecule has 0 saturated carbocycles. The van der Waals surface area contributed by atoms with E-state index in [1.807, 2.05) is 18.2 Å². The second-order valence-corrected chi connectivity index (χ2v) is 4.96. The van der Waals surface area contributed by atoms with Crippen LogP contribution in [0.15, 0.2) is 51.6 Å². The third-order valence-corrected chi connectivity index (χ3v) is 3.11. The van der Waals surface area contributed by atoms with Crippen LogP contribution in [-0.2, 0) is 13.0 Å². The largest absolute Gasteiger partial charge is 0.453 e. The van der Waals surface area contributed by atoms with Crippen LogP contribution < -0.4 is 0 Å². The number of furan rings is 1. The number of nitrogens with zero attached hydrogens (tertiary/aromatic N) is 1. The van der Waals surface area contributed by atoms with Crippen LogP contribution in [0, 0.1) is 0 Å². The summed E-state index contributed by atoms with van der Waals surface area (Å²) in [5.74, 6) is 0.993. The van der Waals surface area contributed by atoms with E-state index in [1.54, 1.807) is 0 Å². The monoisotopic (exact) mass is 293 g/mol. The van der Waals surface area contributed by atoms with Gasteiger partial charge in [-0.25, -0.2) is 0 Å². The first-order valence-corrected chi connectivity index (χ1v) is 6.50. The first kappa shape index (κ1) is 12.4. The van der Waals surface area contributed by atoms with Crippen molar-refractivity contribution in [1.29, 1.82) is 0 Å². The minimum Gasteiger partial charge on any atom is -0.453 e. The van der Waals surface area contributed by atoms with Crippen molar-refractivity contribution in [3.8, 4) is 0 Å². The molecule has 0 aliphatic carbocycles.